The zero-order valence-corrected chi connectivity index (χ0v) is 9.32. The van der Waals surface area contributed by atoms with Crippen molar-refractivity contribution in [2.75, 3.05) is 6.54 Å². The predicted octanol–water partition coefficient (Wildman–Crippen LogP) is 1.63. The van der Waals surface area contributed by atoms with Crippen LogP contribution >= 0.6 is 11.6 Å². The molecule has 0 spiro atoms. The smallest absolute Gasteiger partial charge is 0.142 e. The molecule has 0 aliphatic carbocycles. The molecule has 1 aromatic rings. The maximum absolute atomic E-state index is 13.2. The van der Waals surface area contributed by atoms with E-state index in [1.807, 2.05) is 0 Å². The van der Waals surface area contributed by atoms with Gasteiger partial charge in [0.15, 0.2) is 0 Å². The van der Waals surface area contributed by atoms with Gasteiger partial charge in [0, 0.05) is 18.5 Å². The summed E-state index contributed by atoms with van der Waals surface area (Å²) in [5.41, 5.74) is 5.76. The van der Waals surface area contributed by atoms with Crippen LogP contribution in [0, 0.1) is 5.82 Å². The molecular weight excluding hydrogens is 233 g/mol. The molecule has 0 radical (unpaired) electrons. The van der Waals surface area contributed by atoms with Gasteiger partial charge in [0.1, 0.15) is 11.9 Å². The van der Waals surface area contributed by atoms with Gasteiger partial charge < -0.3 is 15.6 Å². The fourth-order valence-electron chi connectivity index (χ4n) is 1.80. The van der Waals surface area contributed by atoms with E-state index in [-0.39, 0.29) is 17.2 Å². The van der Waals surface area contributed by atoms with E-state index in [2.05, 4.69) is 0 Å². The molecule has 3 N–H and O–H groups in total. The first-order valence-corrected chi connectivity index (χ1v) is 5.48. The summed E-state index contributed by atoms with van der Waals surface area (Å²) in [5.74, 6) is -0.534. The largest absolute Gasteiger partial charge is 0.386 e. The quantitative estimate of drug-likeness (QED) is 0.851. The molecule has 3 atom stereocenters. The van der Waals surface area contributed by atoms with Crippen LogP contribution in [-0.2, 0) is 4.74 Å². The van der Waals surface area contributed by atoms with Gasteiger partial charge in [-0.05, 0) is 6.07 Å². The molecule has 88 valence electrons. The number of nitrogens with two attached hydrogens (primary N) is 1. The molecule has 1 saturated heterocycles. The van der Waals surface area contributed by atoms with Crippen LogP contribution in [0.5, 0.6) is 0 Å². The van der Waals surface area contributed by atoms with Crippen molar-refractivity contribution >= 4 is 11.6 Å². The van der Waals surface area contributed by atoms with Gasteiger partial charge in [0.2, 0.25) is 0 Å². The zero-order valence-electron chi connectivity index (χ0n) is 8.57. The van der Waals surface area contributed by atoms with Crippen molar-refractivity contribution in [3.05, 3.63) is 34.6 Å². The average molecular weight is 246 g/mol. The first-order valence-electron chi connectivity index (χ1n) is 5.11. The molecule has 1 heterocycles. The lowest BCUT2D eigenvalue weighted by Gasteiger charge is -2.38. The highest BCUT2D eigenvalue weighted by atomic mass is 35.5. The lowest BCUT2D eigenvalue weighted by molar-refractivity contribution is -0.168. The van der Waals surface area contributed by atoms with Crippen LogP contribution in [-0.4, -0.2) is 23.9 Å². The predicted molar refractivity (Wildman–Crippen MR) is 58.7 cm³/mol. The fourth-order valence-corrected chi connectivity index (χ4v) is 2.04. The summed E-state index contributed by atoms with van der Waals surface area (Å²) in [7, 11) is 0. The normalized spacial score (nSPS) is 26.2. The summed E-state index contributed by atoms with van der Waals surface area (Å²) in [4.78, 5) is 0. The molecular formula is C11H13ClFNO2. The van der Waals surface area contributed by atoms with Crippen molar-refractivity contribution < 1.29 is 14.2 Å². The molecule has 0 bridgehead atoms. The molecule has 0 amide bonds. The van der Waals surface area contributed by atoms with Crippen molar-refractivity contribution in [1.82, 2.24) is 0 Å². The van der Waals surface area contributed by atoms with Crippen molar-refractivity contribution in [2.45, 2.75) is 24.7 Å². The molecule has 2 rings (SSSR count). The second-order valence-electron chi connectivity index (χ2n) is 3.86. The van der Waals surface area contributed by atoms with Crippen molar-refractivity contribution in [3.8, 4) is 0 Å². The van der Waals surface area contributed by atoms with E-state index >= 15 is 0 Å². The molecule has 5 heteroatoms. The van der Waals surface area contributed by atoms with Crippen LogP contribution in [0.1, 0.15) is 18.1 Å². The fraction of sp³-hybridized carbons (Fsp3) is 0.455. The Morgan fingerprint density at radius 3 is 2.94 bits per heavy atom. The third-order valence-electron chi connectivity index (χ3n) is 2.78. The number of ether oxygens (including phenoxy) is 1. The molecule has 0 aromatic heterocycles. The minimum Gasteiger partial charge on any atom is -0.386 e. The highest BCUT2D eigenvalue weighted by molar-refractivity contribution is 6.31. The number of rotatable bonds is 3. The molecule has 1 aliphatic rings. The Hall–Kier alpha value is -0.680. The van der Waals surface area contributed by atoms with Crippen molar-refractivity contribution in [2.24, 2.45) is 5.73 Å². The lowest BCUT2D eigenvalue weighted by atomic mass is 9.95. The van der Waals surface area contributed by atoms with E-state index in [9.17, 15) is 9.50 Å². The van der Waals surface area contributed by atoms with Gasteiger partial charge in [-0.15, -0.1) is 0 Å². The summed E-state index contributed by atoms with van der Waals surface area (Å²) >= 11 is 5.77. The zero-order chi connectivity index (χ0) is 11.7. The van der Waals surface area contributed by atoms with Crippen LogP contribution in [0.15, 0.2) is 18.2 Å². The number of hydrogen-bond acceptors (Lipinski definition) is 3. The molecule has 3 unspecified atom stereocenters. The minimum atomic E-state index is -0.897. The Bertz CT molecular complexity index is 382. The lowest BCUT2D eigenvalue weighted by Crippen LogP contribution is -2.45. The number of aliphatic hydroxyl groups is 1. The minimum absolute atomic E-state index is 0.00742. The monoisotopic (exact) mass is 245 g/mol. The maximum Gasteiger partial charge on any atom is 0.142 e. The number of aliphatic hydroxyl groups excluding tert-OH is 1. The van der Waals surface area contributed by atoms with Gasteiger partial charge in [-0.2, -0.15) is 0 Å². The third kappa shape index (κ3) is 2.06. The van der Waals surface area contributed by atoms with E-state index in [1.54, 1.807) is 6.07 Å². The van der Waals surface area contributed by atoms with Crippen molar-refractivity contribution in [3.63, 3.8) is 0 Å². The summed E-state index contributed by atoms with van der Waals surface area (Å²) in [6, 6.07) is 4.36. The topological polar surface area (TPSA) is 55.5 Å². The Morgan fingerprint density at radius 1 is 1.62 bits per heavy atom. The van der Waals surface area contributed by atoms with Crippen LogP contribution in [0.3, 0.4) is 0 Å². The molecule has 1 fully saturated rings. The second kappa shape index (κ2) is 4.67. The summed E-state index contributed by atoms with van der Waals surface area (Å²) in [5, 5.41) is 9.90. The summed E-state index contributed by atoms with van der Waals surface area (Å²) in [6.45, 7) is 0.431. The van der Waals surface area contributed by atoms with Gasteiger partial charge in [-0.3, -0.25) is 0 Å². The van der Waals surface area contributed by atoms with Crippen molar-refractivity contribution in [1.29, 1.82) is 0 Å². The van der Waals surface area contributed by atoms with Gasteiger partial charge in [-0.1, -0.05) is 23.7 Å². The second-order valence-corrected chi connectivity index (χ2v) is 4.23. The SMILES string of the molecule is NCC1CC(C(O)c2cccc(F)c2Cl)O1. The Kier molecular flexibility index (Phi) is 3.44. The first kappa shape index (κ1) is 11.8. The van der Waals surface area contributed by atoms with E-state index in [0.717, 1.165) is 0 Å². The van der Waals surface area contributed by atoms with Crippen LogP contribution in [0.25, 0.3) is 0 Å². The molecule has 1 aromatic carbocycles. The summed E-state index contributed by atoms with van der Waals surface area (Å²) < 4.78 is 18.5. The van der Waals surface area contributed by atoms with E-state index < -0.39 is 11.9 Å². The molecule has 1 aliphatic heterocycles. The maximum atomic E-state index is 13.2. The van der Waals surface area contributed by atoms with E-state index in [0.29, 0.717) is 18.5 Å². The average Bonchev–Trinajstić information content (AvgIpc) is 2.20. The Balaban J connectivity index is 2.10. The van der Waals surface area contributed by atoms with Crippen LogP contribution in [0.2, 0.25) is 5.02 Å². The van der Waals surface area contributed by atoms with Gasteiger partial charge in [-0.25, -0.2) is 4.39 Å². The van der Waals surface area contributed by atoms with E-state index in [1.165, 1.54) is 12.1 Å². The molecule has 3 nitrogen and oxygen atoms in total. The number of halogens is 2. The van der Waals surface area contributed by atoms with Crippen LogP contribution in [0.4, 0.5) is 4.39 Å². The number of benzene rings is 1. The van der Waals surface area contributed by atoms with Gasteiger partial charge in [0.25, 0.3) is 0 Å². The van der Waals surface area contributed by atoms with Gasteiger partial charge >= 0.3 is 0 Å². The van der Waals surface area contributed by atoms with E-state index in [4.69, 9.17) is 22.1 Å². The third-order valence-corrected chi connectivity index (χ3v) is 3.18. The highest BCUT2D eigenvalue weighted by Gasteiger charge is 2.36. The van der Waals surface area contributed by atoms with Gasteiger partial charge in [0.05, 0.1) is 17.2 Å². The van der Waals surface area contributed by atoms with Crippen LogP contribution < -0.4 is 5.73 Å². The Labute approximate surface area is 98.0 Å². The molecule has 0 saturated carbocycles. The molecule has 16 heavy (non-hydrogen) atoms. The Morgan fingerprint density at radius 2 is 2.31 bits per heavy atom. The summed E-state index contributed by atoms with van der Waals surface area (Å²) in [6.07, 6.45) is -0.573. The number of hydrogen-bond donors (Lipinski definition) is 2. The first-order chi connectivity index (χ1) is 7.63. The highest BCUT2D eigenvalue weighted by Crippen LogP contribution is 2.35. The standard InChI is InChI=1S/C11H13ClFNO2/c12-10-7(2-1-3-8(10)13)11(15)9-4-6(5-14)16-9/h1-3,6,9,11,15H,4-5,14H2.